The van der Waals surface area contributed by atoms with Crippen molar-refractivity contribution in [1.29, 1.82) is 0 Å². The highest BCUT2D eigenvalue weighted by Gasteiger charge is 2.05. The first kappa shape index (κ1) is 8.94. The van der Waals surface area contributed by atoms with Crippen molar-refractivity contribution in [3.05, 3.63) is 33.1 Å². The Balaban J connectivity index is 2.57. The summed E-state index contributed by atoms with van der Waals surface area (Å²) in [5.74, 6) is 5.13. The van der Waals surface area contributed by atoms with Crippen molar-refractivity contribution in [2.75, 3.05) is 0 Å². The predicted molar refractivity (Wildman–Crippen MR) is 56.0 cm³/mol. The maximum atomic E-state index is 5.13. The number of halogens is 1. The summed E-state index contributed by atoms with van der Waals surface area (Å²) < 4.78 is 1.10. The lowest BCUT2D eigenvalue weighted by Gasteiger charge is -2.10. The highest BCUT2D eigenvalue weighted by Crippen LogP contribution is 2.05. The van der Waals surface area contributed by atoms with E-state index in [1.807, 2.05) is 12.1 Å². The molecule has 1 aromatic carbocycles. The van der Waals surface area contributed by atoms with Crippen molar-refractivity contribution in [3.8, 4) is 0 Å². The molecule has 0 spiro atoms. The maximum Gasteiger partial charge on any atom is 0.101 e. The Labute approximate surface area is 84.8 Å². The fourth-order valence-electron chi connectivity index (χ4n) is 1.48. The van der Waals surface area contributed by atoms with Gasteiger partial charge in [0.05, 0.1) is 0 Å². The third-order valence-corrected chi connectivity index (χ3v) is 2.65. The van der Waals surface area contributed by atoms with Gasteiger partial charge in [0.2, 0.25) is 0 Å². The van der Waals surface area contributed by atoms with Crippen LogP contribution in [-0.4, -0.2) is 6.10 Å². The zero-order valence-electron chi connectivity index (χ0n) is 7.03. The monoisotopic (exact) mass is 239 g/mol. The fraction of sp³-hybridized carbons (Fsp3) is 0.200. The summed E-state index contributed by atoms with van der Waals surface area (Å²) in [6.07, 6.45) is 5.05. The van der Waals surface area contributed by atoms with Crippen LogP contribution in [0.1, 0.15) is 6.42 Å². The summed E-state index contributed by atoms with van der Waals surface area (Å²) in [6, 6.07) is 6.17. The largest absolute Gasteiger partial charge is 0.297 e. The SMILES string of the molecule is NOC1C=c2ccc(Br)cc2=CC1. The smallest absolute Gasteiger partial charge is 0.101 e. The van der Waals surface area contributed by atoms with Crippen LogP contribution in [0.3, 0.4) is 0 Å². The van der Waals surface area contributed by atoms with Crippen molar-refractivity contribution < 1.29 is 4.84 Å². The van der Waals surface area contributed by atoms with E-state index >= 15 is 0 Å². The van der Waals surface area contributed by atoms with Gasteiger partial charge in [-0.3, -0.25) is 4.84 Å². The lowest BCUT2D eigenvalue weighted by molar-refractivity contribution is 0.101. The molecule has 0 aromatic heterocycles. The Kier molecular flexibility index (Phi) is 2.49. The van der Waals surface area contributed by atoms with Crippen LogP contribution in [0.4, 0.5) is 0 Å². The van der Waals surface area contributed by atoms with E-state index in [1.165, 1.54) is 10.4 Å². The summed E-state index contributed by atoms with van der Waals surface area (Å²) >= 11 is 3.43. The van der Waals surface area contributed by atoms with E-state index < -0.39 is 0 Å². The van der Waals surface area contributed by atoms with Crippen LogP contribution in [0.5, 0.6) is 0 Å². The van der Waals surface area contributed by atoms with Gasteiger partial charge < -0.3 is 0 Å². The molecule has 1 aromatic rings. The van der Waals surface area contributed by atoms with Crippen molar-refractivity contribution >= 4 is 28.1 Å². The molecule has 2 rings (SSSR count). The van der Waals surface area contributed by atoms with E-state index in [2.05, 4.69) is 34.1 Å². The first-order chi connectivity index (χ1) is 6.29. The fourth-order valence-corrected chi connectivity index (χ4v) is 1.86. The zero-order chi connectivity index (χ0) is 9.26. The average molecular weight is 240 g/mol. The molecule has 1 unspecified atom stereocenters. The molecule has 0 aliphatic heterocycles. The van der Waals surface area contributed by atoms with Crippen LogP contribution in [0, 0.1) is 0 Å². The van der Waals surface area contributed by atoms with Crippen LogP contribution in [0.2, 0.25) is 0 Å². The Bertz CT molecular complexity index is 427. The van der Waals surface area contributed by atoms with E-state index in [4.69, 9.17) is 10.7 Å². The zero-order valence-corrected chi connectivity index (χ0v) is 8.62. The van der Waals surface area contributed by atoms with E-state index in [0.717, 1.165) is 10.9 Å². The molecule has 0 fully saturated rings. The van der Waals surface area contributed by atoms with Gasteiger partial charge in [-0.2, -0.15) is 0 Å². The number of hydrogen-bond donors (Lipinski definition) is 1. The Morgan fingerprint density at radius 1 is 1.38 bits per heavy atom. The lowest BCUT2D eigenvalue weighted by atomic mass is 10.1. The third-order valence-electron chi connectivity index (χ3n) is 2.16. The molecule has 13 heavy (non-hydrogen) atoms. The van der Waals surface area contributed by atoms with Gasteiger partial charge in [-0.1, -0.05) is 28.1 Å². The molecule has 68 valence electrons. The van der Waals surface area contributed by atoms with Gasteiger partial charge in [0, 0.05) is 4.47 Å². The molecule has 0 saturated carbocycles. The minimum Gasteiger partial charge on any atom is -0.297 e. The Morgan fingerprint density at radius 3 is 3.00 bits per heavy atom. The number of nitrogens with two attached hydrogens (primary N) is 1. The van der Waals surface area contributed by atoms with Crippen LogP contribution in [0.25, 0.3) is 12.2 Å². The second kappa shape index (κ2) is 3.62. The first-order valence-electron chi connectivity index (χ1n) is 4.13. The van der Waals surface area contributed by atoms with Gasteiger partial charge in [0.25, 0.3) is 0 Å². The summed E-state index contributed by atoms with van der Waals surface area (Å²) in [7, 11) is 0. The van der Waals surface area contributed by atoms with Crippen molar-refractivity contribution in [2.45, 2.75) is 12.5 Å². The molecule has 2 N–H and O–H groups in total. The van der Waals surface area contributed by atoms with Crippen LogP contribution < -0.4 is 16.3 Å². The molecule has 1 aliphatic rings. The van der Waals surface area contributed by atoms with Crippen LogP contribution in [-0.2, 0) is 4.84 Å². The van der Waals surface area contributed by atoms with Gasteiger partial charge in [-0.25, -0.2) is 5.90 Å². The Morgan fingerprint density at radius 2 is 2.23 bits per heavy atom. The Hall–Kier alpha value is -0.640. The summed E-state index contributed by atoms with van der Waals surface area (Å²) in [4.78, 5) is 4.78. The maximum absolute atomic E-state index is 5.13. The van der Waals surface area contributed by atoms with Gasteiger partial charge in [-0.05, 0) is 35.1 Å². The highest BCUT2D eigenvalue weighted by molar-refractivity contribution is 9.10. The topological polar surface area (TPSA) is 35.2 Å². The number of hydrogen-bond acceptors (Lipinski definition) is 2. The average Bonchev–Trinajstić information content (AvgIpc) is 2.17. The number of fused-ring (bicyclic) bond motifs is 1. The minimum atomic E-state index is 0.0219. The molecule has 2 nitrogen and oxygen atoms in total. The molecule has 0 bridgehead atoms. The highest BCUT2D eigenvalue weighted by atomic mass is 79.9. The minimum absolute atomic E-state index is 0.0219. The van der Waals surface area contributed by atoms with Gasteiger partial charge in [-0.15, -0.1) is 0 Å². The summed E-state index contributed by atoms with van der Waals surface area (Å²) in [5.41, 5.74) is 0. The third kappa shape index (κ3) is 1.82. The molecular formula is C10H10BrNO. The van der Waals surface area contributed by atoms with E-state index in [9.17, 15) is 0 Å². The number of rotatable bonds is 1. The molecule has 3 heteroatoms. The molecule has 1 atom stereocenters. The molecule has 0 saturated heterocycles. The second-order valence-electron chi connectivity index (χ2n) is 3.05. The molecule has 0 amide bonds. The predicted octanol–water partition coefficient (Wildman–Crippen LogP) is 0.673. The first-order valence-corrected chi connectivity index (χ1v) is 4.92. The quantitative estimate of drug-likeness (QED) is 0.732. The normalized spacial score (nSPS) is 20.0. The second-order valence-corrected chi connectivity index (χ2v) is 3.97. The van der Waals surface area contributed by atoms with Crippen molar-refractivity contribution in [3.63, 3.8) is 0 Å². The molecular weight excluding hydrogens is 230 g/mol. The molecule has 0 heterocycles. The van der Waals surface area contributed by atoms with E-state index in [0.29, 0.717) is 0 Å². The van der Waals surface area contributed by atoms with Gasteiger partial charge in [0.15, 0.2) is 0 Å². The van der Waals surface area contributed by atoms with Crippen molar-refractivity contribution in [1.82, 2.24) is 0 Å². The van der Waals surface area contributed by atoms with Crippen LogP contribution in [0.15, 0.2) is 22.7 Å². The summed E-state index contributed by atoms with van der Waals surface area (Å²) in [6.45, 7) is 0. The van der Waals surface area contributed by atoms with Crippen LogP contribution >= 0.6 is 15.9 Å². The van der Waals surface area contributed by atoms with E-state index in [-0.39, 0.29) is 6.10 Å². The standard InChI is InChI=1S/C10H10BrNO/c11-9-3-1-8-6-10(13-12)4-2-7(8)5-9/h1-3,5-6,10H,4,12H2. The number of benzene rings is 1. The molecule has 1 aliphatic carbocycles. The van der Waals surface area contributed by atoms with Gasteiger partial charge >= 0.3 is 0 Å². The summed E-state index contributed by atoms with van der Waals surface area (Å²) in [5, 5.41) is 2.42. The lowest BCUT2D eigenvalue weighted by Crippen LogP contribution is -2.32. The van der Waals surface area contributed by atoms with E-state index in [1.54, 1.807) is 0 Å². The van der Waals surface area contributed by atoms with Crippen molar-refractivity contribution in [2.24, 2.45) is 5.90 Å². The van der Waals surface area contributed by atoms with Gasteiger partial charge in [0.1, 0.15) is 6.10 Å². The molecule has 0 radical (unpaired) electrons.